The lowest BCUT2D eigenvalue weighted by Gasteiger charge is -2.41. The van der Waals surface area contributed by atoms with E-state index in [1.807, 2.05) is 13.1 Å². The molecule has 3 aliphatic rings. The van der Waals surface area contributed by atoms with Gasteiger partial charge >= 0.3 is 0 Å². The number of aryl methyl sites for hydroxylation is 1. The van der Waals surface area contributed by atoms with Crippen molar-refractivity contribution in [3.05, 3.63) is 29.7 Å². The van der Waals surface area contributed by atoms with E-state index in [1.165, 1.54) is 12.8 Å². The molecule has 0 bridgehead atoms. The van der Waals surface area contributed by atoms with Crippen LogP contribution in [0.15, 0.2) is 12.4 Å². The zero-order valence-electron chi connectivity index (χ0n) is 19.6. The van der Waals surface area contributed by atoms with Gasteiger partial charge in [-0.3, -0.25) is 9.36 Å². The van der Waals surface area contributed by atoms with Crippen molar-refractivity contribution in [2.45, 2.75) is 58.0 Å². The SMILES string of the molecule is CCC1c2nnc(C)n2-c2cnc(-c3ncc(C(=O)N4CCOCC4)[nH]3)nc2N1C1CCCC1. The summed E-state index contributed by atoms with van der Waals surface area (Å²) in [4.78, 5) is 34.3. The third kappa shape index (κ3) is 3.37. The molecule has 1 saturated heterocycles. The molecule has 1 N–H and O–H groups in total. The van der Waals surface area contributed by atoms with Gasteiger partial charge in [0.25, 0.3) is 5.91 Å². The lowest BCUT2D eigenvalue weighted by Crippen LogP contribution is -2.42. The van der Waals surface area contributed by atoms with Gasteiger partial charge in [-0.1, -0.05) is 19.8 Å². The summed E-state index contributed by atoms with van der Waals surface area (Å²) in [6.07, 6.45) is 9.04. The van der Waals surface area contributed by atoms with Crippen LogP contribution < -0.4 is 4.90 Å². The number of nitrogens with zero attached hydrogens (tertiary/aromatic N) is 8. The average Bonchev–Trinajstić information content (AvgIpc) is 3.64. The summed E-state index contributed by atoms with van der Waals surface area (Å²) < 4.78 is 7.43. The minimum atomic E-state index is -0.0802. The van der Waals surface area contributed by atoms with E-state index in [2.05, 4.69) is 41.5 Å². The summed E-state index contributed by atoms with van der Waals surface area (Å²) in [6.45, 7) is 6.42. The van der Waals surface area contributed by atoms with Crippen molar-refractivity contribution in [2.24, 2.45) is 0 Å². The maximum Gasteiger partial charge on any atom is 0.272 e. The van der Waals surface area contributed by atoms with Crippen LogP contribution in [-0.4, -0.2) is 77.9 Å². The van der Waals surface area contributed by atoms with Crippen molar-refractivity contribution in [3.63, 3.8) is 0 Å². The van der Waals surface area contributed by atoms with Crippen LogP contribution in [0.4, 0.5) is 5.82 Å². The van der Waals surface area contributed by atoms with Crippen molar-refractivity contribution in [1.29, 1.82) is 0 Å². The molecule has 2 aliphatic heterocycles. The molecule has 178 valence electrons. The first-order chi connectivity index (χ1) is 16.7. The maximum atomic E-state index is 12.9. The molecule has 3 aromatic heterocycles. The fraction of sp³-hybridized carbons (Fsp3) is 0.565. The van der Waals surface area contributed by atoms with Crippen molar-refractivity contribution in [2.75, 3.05) is 31.2 Å². The number of ether oxygens (including phenoxy) is 1. The van der Waals surface area contributed by atoms with Crippen molar-refractivity contribution in [3.8, 4) is 17.3 Å². The minimum Gasteiger partial charge on any atom is -0.378 e. The van der Waals surface area contributed by atoms with E-state index in [0.29, 0.717) is 49.7 Å². The topological polar surface area (TPSA) is 118 Å². The first kappa shape index (κ1) is 21.2. The summed E-state index contributed by atoms with van der Waals surface area (Å²) in [5.41, 5.74) is 1.34. The highest BCUT2D eigenvalue weighted by Gasteiger charge is 2.39. The zero-order valence-corrected chi connectivity index (χ0v) is 19.6. The normalized spacial score (nSPS) is 20.5. The Morgan fingerprint density at radius 3 is 2.71 bits per heavy atom. The third-order valence-electron chi connectivity index (χ3n) is 7.14. The lowest BCUT2D eigenvalue weighted by molar-refractivity contribution is 0.0299. The van der Waals surface area contributed by atoms with Crippen molar-refractivity contribution in [1.82, 2.24) is 39.6 Å². The molecule has 1 saturated carbocycles. The Morgan fingerprint density at radius 2 is 1.94 bits per heavy atom. The van der Waals surface area contributed by atoms with E-state index in [0.717, 1.165) is 42.4 Å². The number of nitrogens with one attached hydrogen (secondary N) is 1. The fourth-order valence-electron chi connectivity index (χ4n) is 5.46. The fourth-order valence-corrected chi connectivity index (χ4v) is 5.46. The summed E-state index contributed by atoms with van der Waals surface area (Å²) in [7, 11) is 0. The smallest absolute Gasteiger partial charge is 0.272 e. The van der Waals surface area contributed by atoms with Crippen LogP contribution in [0.25, 0.3) is 17.3 Å². The summed E-state index contributed by atoms with van der Waals surface area (Å²) >= 11 is 0. The Hall–Kier alpha value is -3.34. The molecular weight excluding hydrogens is 434 g/mol. The molecule has 11 nitrogen and oxygen atoms in total. The van der Waals surface area contributed by atoms with Gasteiger partial charge in [-0.15, -0.1) is 10.2 Å². The Kier molecular flexibility index (Phi) is 5.28. The number of hydrogen-bond acceptors (Lipinski definition) is 8. The second-order valence-corrected chi connectivity index (χ2v) is 9.16. The van der Waals surface area contributed by atoms with Crippen LogP contribution in [0, 0.1) is 6.92 Å². The van der Waals surface area contributed by atoms with Crippen LogP contribution in [0.5, 0.6) is 0 Å². The number of carbonyl (C=O) groups excluding carboxylic acids is 1. The number of H-pyrrole nitrogens is 1. The standard InChI is InChI=1S/C23H29N9O2/c1-3-17-22-29-28-14(2)31(22)18-13-25-20(27-21(18)32(17)15-6-4-5-7-15)19-24-12-16(26-19)23(33)30-8-10-34-11-9-30/h12-13,15,17H,3-11H2,1-2H3,(H,24,26). The number of anilines is 1. The highest BCUT2D eigenvalue weighted by molar-refractivity contribution is 5.92. The Balaban J connectivity index is 1.40. The molecule has 1 aliphatic carbocycles. The van der Waals surface area contributed by atoms with Gasteiger partial charge < -0.3 is 19.5 Å². The Labute approximate surface area is 197 Å². The molecular formula is C23H29N9O2. The van der Waals surface area contributed by atoms with Crippen LogP contribution >= 0.6 is 0 Å². The first-order valence-electron chi connectivity index (χ1n) is 12.2. The zero-order chi connectivity index (χ0) is 23.2. The first-order valence-corrected chi connectivity index (χ1v) is 12.2. The Bertz CT molecular complexity index is 1210. The highest BCUT2D eigenvalue weighted by Crippen LogP contribution is 2.43. The molecule has 6 rings (SSSR count). The molecule has 34 heavy (non-hydrogen) atoms. The average molecular weight is 464 g/mol. The number of hydrogen-bond donors (Lipinski definition) is 1. The molecule has 1 atom stereocenters. The van der Waals surface area contributed by atoms with Gasteiger partial charge in [0.2, 0.25) is 0 Å². The minimum absolute atomic E-state index is 0.0802. The van der Waals surface area contributed by atoms with Crippen LogP contribution in [-0.2, 0) is 4.74 Å². The van der Waals surface area contributed by atoms with Gasteiger partial charge in [0.05, 0.1) is 31.6 Å². The van der Waals surface area contributed by atoms with E-state index in [4.69, 9.17) is 9.72 Å². The van der Waals surface area contributed by atoms with Crippen LogP contribution in [0.1, 0.15) is 67.2 Å². The van der Waals surface area contributed by atoms with Gasteiger partial charge in [-0.2, -0.15) is 0 Å². The summed E-state index contributed by atoms with van der Waals surface area (Å²) in [5.74, 6) is 3.55. The molecule has 5 heterocycles. The molecule has 3 aromatic rings. The Morgan fingerprint density at radius 1 is 1.15 bits per heavy atom. The van der Waals surface area contributed by atoms with E-state index < -0.39 is 0 Å². The molecule has 1 unspecified atom stereocenters. The number of amides is 1. The highest BCUT2D eigenvalue weighted by atomic mass is 16.5. The molecule has 0 aromatic carbocycles. The largest absolute Gasteiger partial charge is 0.378 e. The number of morpholine rings is 1. The second-order valence-electron chi connectivity index (χ2n) is 9.16. The van der Waals surface area contributed by atoms with Crippen molar-refractivity contribution >= 4 is 11.7 Å². The van der Waals surface area contributed by atoms with Crippen LogP contribution in [0.3, 0.4) is 0 Å². The molecule has 1 amide bonds. The van der Waals surface area contributed by atoms with E-state index in [-0.39, 0.29) is 11.9 Å². The number of imidazole rings is 1. The third-order valence-corrected chi connectivity index (χ3v) is 7.14. The van der Waals surface area contributed by atoms with E-state index >= 15 is 0 Å². The van der Waals surface area contributed by atoms with E-state index in [1.54, 1.807) is 11.1 Å². The monoisotopic (exact) mass is 463 g/mol. The van der Waals surface area contributed by atoms with Gasteiger partial charge in [0.1, 0.15) is 17.2 Å². The second kappa shape index (κ2) is 8.46. The molecule has 11 heteroatoms. The van der Waals surface area contributed by atoms with E-state index in [9.17, 15) is 4.79 Å². The predicted molar refractivity (Wildman–Crippen MR) is 124 cm³/mol. The van der Waals surface area contributed by atoms with Crippen molar-refractivity contribution < 1.29 is 9.53 Å². The quantitative estimate of drug-likeness (QED) is 0.627. The number of carbonyl (C=O) groups is 1. The summed E-state index contributed by atoms with van der Waals surface area (Å²) in [5, 5.41) is 8.89. The number of fused-ring (bicyclic) bond motifs is 3. The molecule has 0 spiro atoms. The number of rotatable bonds is 4. The van der Waals surface area contributed by atoms with Gasteiger partial charge in [0.15, 0.2) is 23.3 Å². The van der Waals surface area contributed by atoms with Crippen LogP contribution in [0.2, 0.25) is 0 Å². The van der Waals surface area contributed by atoms with Gasteiger partial charge in [0, 0.05) is 19.1 Å². The number of aromatic amines is 1. The molecule has 0 radical (unpaired) electrons. The van der Waals surface area contributed by atoms with Gasteiger partial charge in [-0.05, 0) is 26.2 Å². The maximum absolute atomic E-state index is 12.9. The predicted octanol–water partition coefficient (Wildman–Crippen LogP) is 2.44. The molecule has 2 fully saturated rings. The number of aromatic nitrogens is 7. The van der Waals surface area contributed by atoms with Gasteiger partial charge in [-0.25, -0.2) is 15.0 Å². The lowest BCUT2D eigenvalue weighted by atomic mass is 10.0. The summed E-state index contributed by atoms with van der Waals surface area (Å²) in [6, 6.07) is 0.516.